The first-order chi connectivity index (χ1) is 19.1. The molecule has 1 unspecified atom stereocenters. The Labute approximate surface area is 228 Å². The number of hydrogen-bond donors (Lipinski definition) is 3. The van der Waals surface area contributed by atoms with E-state index in [0.717, 1.165) is 0 Å². The molecule has 1 amide bonds. The highest BCUT2D eigenvalue weighted by molar-refractivity contribution is 7.48. The van der Waals surface area contributed by atoms with E-state index in [9.17, 15) is 4.79 Å². The van der Waals surface area contributed by atoms with Gasteiger partial charge in [-0.05, 0) is 54.1 Å². The number of carbonyl (C=O) groups excluding carboxylic acids is 1. The summed E-state index contributed by atoms with van der Waals surface area (Å²) in [5.74, 6) is 1.11. The molecule has 0 aromatic heterocycles. The van der Waals surface area contributed by atoms with Gasteiger partial charge in [0.25, 0.3) is 0 Å². The molecule has 0 bridgehead atoms. The van der Waals surface area contributed by atoms with E-state index in [2.05, 4.69) is 10.3 Å². The summed E-state index contributed by atoms with van der Waals surface area (Å²) in [6.07, 6.45) is -0.647. The predicted molar refractivity (Wildman–Crippen MR) is 152 cm³/mol. The van der Waals surface area contributed by atoms with Crippen LogP contribution in [0.4, 0.5) is 10.5 Å². The van der Waals surface area contributed by atoms with Gasteiger partial charge in [-0.15, -0.1) is 0 Å². The van der Waals surface area contributed by atoms with Crippen molar-refractivity contribution < 1.29 is 23.3 Å². The molecule has 0 saturated heterocycles. The van der Waals surface area contributed by atoms with Crippen LogP contribution in [0.1, 0.15) is 11.3 Å². The van der Waals surface area contributed by atoms with Crippen molar-refractivity contribution in [3.63, 3.8) is 0 Å². The minimum absolute atomic E-state index is 0.0495. The third-order valence-electron chi connectivity index (χ3n) is 5.14. The van der Waals surface area contributed by atoms with Crippen LogP contribution in [-0.2, 0) is 4.74 Å². The Hall–Kier alpha value is -4.75. The summed E-state index contributed by atoms with van der Waals surface area (Å²) in [5, 5.41) is 2.91. The lowest BCUT2D eigenvalue weighted by Crippen LogP contribution is -2.31. The summed E-state index contributed by atoms with van der Waals surface area (Å²) in [5.41, 5.74) is 12.3. The van der Waals surface area contributed by atoms with Gasteiger partial charge in [-0.2, -0.15) is 0 Å². The van der Waals surface area contributed by atoms with Gasteiger partial charge in [0.05, 0.1) is 5.69 Å². The summed E-state index contributed by atoms with van der Waals surface area (Å²) >= 11 is 0. The van der Waals surface area contributed by atoms with E-state index in [1.165, 1.54) is 0 Å². The Morgan fingerprint density at radius 3 is 1.74 bits per heavy atom. The fourth-order valence-electron chi connectivity index (χ4n) is 3.40. The third kappa shape index (κ3) is 8.94. The first kappa shape index (κ1) is 27.3. The van der Waals surface area contributed by atoms with Gasteiger partial charge in [-0.25, -0.2) is 9.79 Å². The van der Waals surface area contributed by atoms with Crippen molar-refractivity contribution in [2.24, 2.45) is 16.5 Å². The van der Waals surface area contributed by atoms with Crippen molar-refractivity contribution in [3.8, 4) is 17.2 Å². The molecule has 0 aliphatic rings. The van der Waals surface area contributed by atoms with Gasteiger partial charge < -0.3 is 35.3 Å². The molecule has 0 aliphatic heterocycles. The third-order valence-corrected chi connectivity index (χ3v) is 6.77. The van der Waals surface area contributed by atoms with Crippen molar-refractivity contribution in [1.82, 2.24) is 5.32 Å². The van der Waals surface area contributed by atoms with Gasteiger partial charge in [-0.1, -0.05) is 66.7 Å². The van der Waals surface area contributed by atoms with Crippen LogP contribution in [0.5, 0.6) is 17.2 Å². The molecule has 0 radical (unpaired) electrons. The number of hydrogen-bond acceptors (Lipinski definition) is 6. The first-order valence-corrected chi connectivity index (χ1v) is 13.4. The number of alkyl carbamates (subject to hydrolysis) is 1. The van der Waals surface area contributed by atoms with Crippen LogP contribution in [0, 0.1) is 0 Å². The Balaban J connectivity index is 1.54. The zero-order valence-corrected chi connectivity index (χ0v) is 21.9. The second-order valence-corrected chi connectivity index (χ2v) is 9.52. The van der Waals surface area contributed by atoms with Crippen LogP contribution < -0.4 is 30.6 Å². The number of nitrogens with one attached hydrogen (secondary N) is 1. The van der Waals surface area contributed by atoms with E-state index in [4.69, 9.17) is 30.0 Å². The molecule has 0 aliphatic carbocycles. The molecule has 9 nitrogen and oxygen atoms in total. The van der Waals surface area contributed by atoms with Gasteiger partial charge in [0.1, 0.15) is 30.5 Å². The lowest BCUT2D eigenvalue weighted by molar-refractivity contribution is 0.123. The maximum atomic E-state index is 12.9. The molecule has 4 rings (SSSR count). The predicted octanol–water partition coefficient (Wildman–Crippen LogP) is 5.87. The molecule has 0 saturated carbocycles. The van der Waals surface area contributed by atoms with Crippen molar-refractivity contribution in [2.75, 3.05) is 13.2 Å². The Morgan fingerprint density at radius 2 is 1.23 bits per heavy atom. The summed E-state index contributed by atoms with van der Waals surface area (Å²) in [4.78, 5) is 17.0. The van der Waals surface area contributed by atoms with E-state index in [-0.39, 0.29) is 19.2 Å². The minimum Gasteiger partial charge on any atom is -0.490 e. The Morgan fingerprint density at radius 1 is 0.718 bits per heavy atom. The number of rotatable bonds is 12. The highest BCUT2D eigenvalue weighted by Crippen LogP contribution is 2.51. The molecule has 1 atom stereocenters. The largest absolute Gasteiger partial charge is 0.490 e. The summed E-state index contributed by atoms with van der Waals surface area (Å²) in [7, 11) is -1.79. The maximum absolute atomic E-state index is 12.9. The molecule has 39 heavy (non-hydrogen) atoms. The van der Waals surface area contributed by atoms with Crippen molar-refractivity contribution in [1.29, 1.82) is 0 Å². The number of nitrogens with two attached hydrogens (primary N) is 2. The number of amides is 1. The van der Waals surface area contributed by atoms with Crippen LogP contribution in [0.25, 0.3) is 0 Å². The highest BCUT2D eigenvalue weighted by Gasteiger charge is 2.32. The molecule has 5 N–H and O–H groups in total. The van der Waals surface area contributed by atoms with Crippen LogP contribution in [-0.4, -0.2) is 25.3 Å². The smallest absolute Gasteiger partial charge is 0.408 e. The number of para-hydroxylation sites is 3. The highest BCUT2D eigenvalue weighted by atomic mass is 31.2. The number of nitrogens with zero attached hydrogens (tertiary/aromatic N) is 1. The lowest BCUT2D eigenvalue weighted by Gasteiger charge is -2.27. The molecule has 0 spiro atoms. The zero-order chi connectivity index (χ0) is 27.3. The number of guanidine groups is 1. The Bertz CT molecular complexity index is 1280. The molecule has 200 valence electrons. The van der Waals surface area contributed by atoms with Crippen LogP contribution in [0.15, 0.2) is 120 Å². The SMILES string of the molecule is NC(N)=Nc1ccc(C(NC(=O)OCCOc2ccccc2)P(Oc2ccccc2)Oc2ccccc2)cc1. The van der Waals surface area contributed by atoms with E-state index in [1.54, 1.807) is 24.3 Å². The van der Waals surface area contributed by atoms with Gasteiger partial charge >= 0.3 is 14.5 Å². The standard InChI is InChI=1S/C29H29N4O5P/c30-28(31)32-23-18-16-22(17-19-23)27(33-29(34)36-21-20-35-24-10-4-1-5-11-24)39(37-25-12-6-2-7-13-25)38-26-14-8-3-9-15-26/h1-19,27H,20-21H2,(H,33,34)(H4,30,31,32). The van der Waals surface area contributed by atoms with Crippen LogP contribution in [0.2, 0.25) is 0 Å². The molecule has 0 heterocycles. The van der Waals surface area contributed by atoms with E-state index >= 15 is 0 Å². The lowest BCUT2D eigenvalue weighted by atomic mass is 10.2. The topological polar surface area (TPSA) is 130 Å². The average molecular weight is 545 g/mol. The number of ether oxygens (including phenoxy) is 2. The number of benzene rings is 4. The molecule has 10 heteroatoms. The first-order valence-electron chi connectivity index (χ1n) is 12.1. The summed E-state index contributed by atoms with van der Waals surface area (Å²) in [6, 6.07) is 34.9. The maximum Gasteiger partial charge on any atom is 0.408 e. The fraction of sp³-hybridized carbons (Fsp3) is 0.103. The molecular weight excluding hydrogens is 515 g/mol. The average Bonchev–Trinajstić information content (AvgIpc) is 2.96. The van der Waals surface area contributed by atoms with Crippen molar-refractivity contribution in [2.45, 2.75) is 5.78 Å². The van der Waals surface area contributed by atoms with Gasteiger partial charge in [0.15, 0.2) is 11.7 Å². The number of carbonyl (C=O) groups is 1. The Kier molecular flexibility index (Phi) is 9.98. The van der Waals surface area contributed by atoms with Gasteiger partial charge in [-0.3, -0.25) is 0 Å². The van der Waals surface area contributed by atoms with Crippen LogP contribution >= 0.6 is 8.38 Å². The molecule has 4 aromatic rings. The molecular formula is C29H29N4O5P. The molecule has 0 fully saturated rings. The van der Waals surface area contributed by atoms with E-state index in [0.29, 0.717) is 28.5 Å². The van der Waals surface area contributed by atoms with E-state index < -0.39 is 20.3 Å². The summed E-state index contributed by atoms with van der Waals surface area (Å²) < 4.78 is 23.6. The zero-order valence-electron chi connectivity index (χ0n) is 21.1. The number of aliphatic imine (C=N–C) groups is 1. The second kappa shape index (κ2) is 14.3. The quantitative estimate of drug-likeness (QED) is 0.0881. The van der Waals surface area contributed by atoms with E-state index in [1.807, 2.05) is 91.0 Å². The summed E-state index contributed by atoms with van der Waals surface area (Å²) in [6.45, 7) is 0.249. The molecule has 4 aromatic carbocycles. The second-order valence-electron chi connectivity index (χ2n) is 8.07. The normalized spacial score (nSPS) is 11.2. The van der Waals surface area contributed by atoms with Crippen molar-refractivity contribution in [3.05, 3.63) is 121 Å². The van der Waals surface area contributed by atoms with Gasteiger partial charge in [0, 0.05) is 0 Å². The van der Waals surface area contributed by atoms with Crippen molar-refractivity contribution >= 4 is 26.1 Å². The monoisotopic (exact) mass is 544 g/mol. The fourth-order valence-corrected chi connectivity index (χ4v) is 4.93. The van der Waals surface area contributed by atoms with Crippen LogP contribution in [0.3, 0.4) is 0 Å². The van der Waals surface area contributed by atoms with Gasteiger partial charge in [0.2, 0.25) is 0 Å². The minimum atomic E-state index is -1.79.